The van der Waals surface area contributed by atoms with Gasteiger partial charge in [-0.25, -0.2) is 0 Å². The number of rotatable bonds is 1. The van der Waals surface area contributed by atoms with Gasteiger partial charge in [0.2, 0.25) is 0 Å². The van der Waals surface area contributed by atoms with Gasteiger partial charge in [-0.2, -0.15) is 0 Å². The zero-order chi connectivity index (χ0) is 9.30. The van der Waals surface area contributed by atoms with Crippen LogP contribution in [0.1, 0.15) is 29.7 Å². The van der Waals surface area contributed by atoms with E-state index in [0.717, 1.165) is 21.7 Å². The standard InChI is InChI=1S/C10H13ClO/c1-6-4-9(8(3)12)5-7(2)10(6)11/h4-5,8,12H,1-3H3/t8-/m1/s1. The van der Waals surface area contributed by atoms with E-state index in [2.05, 4.69) is 0 Å². The smallest absolute Gasteiger partial charge is 0.0762 e. The average Bonchev–Trinajstić information content (AvgIpc) is 1.99. The van der Waals surface area contributed by atoms with Crippen LogP contribution in [-0.4, -0.2) is 5.11 Å². The van der Waals surface area contributed by atoms with Crippen molar-refractivity contribution in [2.24, 2.45) is 0 Å². The van der Waals surface area contributed by atoms with E-state index in [0.29, 0.717) is 0 Å². The summed E-state index contributed by atoms with van der Waals surface area (Å²) in [4.78, 5) is 0. The highest BCUT2D eigenvalue weighted by atomic mass is 35.5. The maximum atomic E-state index is 9.32. The van der Waals surface area contributed by atoms with Gasteiger partial charge in [0.05, 0.1) is 6.10 Å². The third-order valence-electron chi connectivity index (χ3n) is 1.94. The van der Waals surface area contributed by atoms with Crippen LogP contribution in [0.4, 0.5) is 0 Å². The van der Waals surface area contributed by atoms with E-state index < -0.39 is 6.10 Å². The zero-order valence-corrected chi connectivity index (χ0v) is 8.31. The van der Waals surface area contributed by atoms with Crippen molar-refractivity contribution in [3.63, 3.8) is 0 Å². The molecule has 0 unspecified atom stereocenters. The van der Waals surface area contributed by atoms with Crippen LogP contribution < -0.4 is 0 Å². The molecule has 1 atom stereocenters. The van der Waals surface area contributed by atoms with Crippen LogP contribution in [0.3, 0.4) is 0 Å². The number of aryl methyl sites for hydroxylation is 2. The van der Waals surface area contributed by atoms with Crippen molar-refractivity contribution < 1.29 is 5.11 Å². The van der Waals surface area contributed by atoms with Gasteiger partial charge in [-0.1, -0.05) is 23.7 Å². The summed E-state index contributed by atoms with van der Waals surface area (Å²) in [5.74, 6) is 0. The summed E-state index contributed by atoms with van der Waals surface area (Å²) in [7, 11) is 0. The van der Waals surface area contributed by atoms with Gasteiger partial charge < -0.3 is 5.11 Å². The molecule has 0 heterocycles. The van der Waals surface area contributed by atoms with Crippen LogP contribution in [0.5, 0.6) is 0 Å². The van der Waals surface area contributed by atoms with Crippen molar-refractivity contribution in [2.75, 3.05) is 0 Å². The quantitative estimate of drug-likeness (QED) is 0.712. The fraction of sp³-hybridized carbons (Fsp3) is 0.400. The predicted octanol–water partition coefficient (Wildman–Crippen LogP) is 3.01. The molecule has 0 radical (unpaired) electrons. The Bertz CT molecular complexity index is 269. The molecule has 1 nitrogen and oxygen atoms in total. The van der Waals surface area contributed by atoms with Gasteiger partial charge in [-0.05, 0) is 37.5 Å². The number of benzene rings is 1. The molecule has 12 heavy (non-hydrogen) atoms. The summed E-state index contributed by atoms with van der Waals surface area (Å²) in [5, 5.41) is 10.1. The molecule has 1 aromatic carbocycles. The molecule has 0 aliphatic heterocycles. The number of aliphatic hydroxyl groups excluding tert-OH is 1. The van der Waals surface area contributed by atoms with Crippen LogP contribution >= 0.6 is 11.6 Å². The van der Waals surface area contributed by atoms with E-state index in [1.54, 1.807) is 6.92 Å². The molecule has 0 aliphatic carbocycles. The van der Waals surface area contributed by atoms with Crippen molar-refractivity contribution >= 4 is 11.6 Å². The molecule has 1 aromatic rings. The minimum absolute atomic E-state index is 0.417. The van der Waals surface area contributed by atoms with E-state index in [9.17, 15) is 5.11 Å². The Labute approximate surface area is 78.0 Å². The van der Waals surface area contributed by atoms with Crippen LogP contribution in [0, 0.1) is 13.8 Å². The molecule has 1 N–H and O–H groups in total. The van der Waals surface area contributed by atoms with Gasteiger partial charge in [0.25, 0.3) is 0 Å². The molecule has 0 saturated heterocycles. The van der Waals surface area contributed by atoms with E-state index in [4.69, 9.17) is 11.6 Å². The Morgan fingerprint density at radius 1 is 1.25 bits per heavy atom. The van der Waals surface area contributed by atoms with Crippen LogP contribution in [0.2, 0.25) is 5.02 Å². The molecule has 0 aliphatic rings. The molecule has 0 spiro atoms. The fourth-order valence-corrected chi connectivity index (χ4v) is 1.33. The first-order chi connectivity index (χ1) is 5.52. The monoisotopic (exact) mass is 184 g/mol. The highest BCUT2D eigenvalue weighted by Gasteiger charge is 2.05. The SMILES string of the molecule is Cc1cc([C@@H](C)O)cc(C)c1Cl. The number of halogens is 1. The summed E-state index contributed by atoms with van der Waals surface area (Å²) >= 11 is 5.97. The third-order valence-corrected chi connectivity index (χ3v) is 2.54. The topological polar surface area (TPSA) is 20.2 Å². The van der Waals surface area contributed by atoms with Crippen molar-refractivity contribution in [2.45, 2.75) is 26.9 Å². The third kappa shape index (κ3) is 1.79. The minimum Gasteiger partial charge on any atom is -0.389 e. The van der Waals surface area contributed by atoms with Gasteiger partial charge in [0.15, 0.2) is 0 Å². The fourth-order valence-electron chi connectivity index (χ4n) is 1.22. The second-order valence-electron chi connectivity index (χ2n) is 3.14. The Hall–Kier alpha value is -0.530. The zero-order valence-electron chi connectivity index (χ0n) is 7.56. The molecule has 66 valence electrons. The lowest BCUT2D eigenvalue weighted by Gasteiger charge is -2.09. The summed E-state index contributed by atoms with van der Waals surface area (Å²) < 4.78 is 0. The lowest BCUT2D eigenvalue weighted by molar-refractivity contribution is 0.199. The van der Waals surface area contributed by atoms with Crippen LogP contribution in [-0.2, 0) is 0 Å². The first kappa shape index (κ1) is 9.56. The normalized spacial score (nSPS) is 13.1. The number of aliphatic hydroxyl groups is 1. The molecule has 0 saturated carbocycles. The van der Waals surface area contributed by atoms with E-state index >= 15 is 0 Å². The van der Waals surface area contributed by atoms with Gasteiger partial charge in [-0.15, -0.1) is 0 Å². The second kappa shape index (κ2) is 3.46. The van der Waals surface area contributed by atoms with Gasteiger partial charge in [0, 0.05) is 5.02 Å². The van der Waals surface area contributed by atoms with Crippen molar-refractivity contribution in [3.05, 3.63) is 33.8 Å². The molecule has 0 amide bonds. The molecular formula is C10H13ClO. The molecule has 1 rings (SSSR count). The van der Waals surface area contributed by atoms with E-state index in [-0.39, 0.29) is 0 Å². The molecule has 2 heteroatoms. The number of hydrogen-bond donors (Lipinski definition) is 1. The van der Waals surface area contributed by atoms with Crippen molar-refractivity contribution in [1.82, 2.24) is 0 Å². The summed E-state index contributed by atoms with van der Waals surface area (Å²) in [6.45, 7) is 5.64. The lowest BCUT2D eigenvalue weighted by atomic mass is 10.0. The molecular weight excluding hydrogens is 172 g/mol. The van der Waals surface area contributed by atoms with E-state index in [1.807, 2.05) is 26.0 Å². The van der Waals surface area contributed by atoms with E-state index in [1.165, 1.54) is 0 Å². The summed E-state index contributed by atoms with van der Waals surface area (Å²) in [6.07, 6.45) is -0.417. The first-order valence-corrected chi connectivity index (χ1v) is 4.35. The summed E-state index contributed by atoms with van der Waals surface area (Å²) in [5.41, 5.74) is 2.97. The molecule has 0 aromatic heterocycles. The van der Waals surface area contributed by atoms with Gasteiger partial charge >= 0.3 is 0 Å². The summed E-state index contributed by atoms with van der Waals surface area (Å²) in [6, 6.07) is 3.83. The van der Waals surface area contributed by atoms with Gasteiger partial charge in [-0.3, -0.25) is 0 Å². The molecule has 0 bridgehead atoms. The Kier molecular flexibility index (Phi) is 2.76. The maximum Gasteiger partial charge on any atom is 0.0762 e. The Morgan fingerprint density at radius 3 is 2.00 bits per heavy atom. The number of hydrogen-bond acceptors (Lipinski definition) is 1. The van der Waals surface area contributed by atoms with Crippen molar-refractivity contribution in [1.29, 1.82) is 0 Å². The second-order valence-corrected chi connectivity index (χ2v) is 3.52. The highest BCUT2D eigenvalue weighted by Crippen LogP contribution is 2.24. The van der Waals surface area contributed by atoms with Crippen LogP contribution in [0.25, 0.3) is 0 Å². The minimum atomic E-state index is -0.417. The lowest BCUT2D eigenvalue weighted by Crippen LogP contribution is -1.93. The van der Waals surface area contributed by atoms with Gasteiger partial charge in [0.1, 0.15) is 0 Å². The average molecular weight is 185 g/mol. The molecule has 0 fully saturated rings. The predicted molar refractivity (Wildman–Crippen MR) is 51.6 cm³/mol. The first-order valence-electron chi connectivity index (χ1n) is 3.97. The Balaban J connectivity index is 3.21. The highest BCUT2D eigenvalue weighted by molar-refractivity contribution is 6.32. The van der Waals surface area contributed by atoms with Crippen molar-refractivity contribution in [3.8, 4) is 0 Å². The maximum absolute atomic E-state index is 9.32. The largest absolute Gasteiger partial charge is 0.389 e. The van der Waals surface area contributed by atoms with Crippen LogP contribution in [0.15, 0.2) is 12.1 Å². The Morgan fingerprint density at radius 2 is 1.67 bits per heavy atom.